The van der Waals surface area contributed by atoms with Gasteiger partial charge in [-0.1, -0.05) is 5.92 Å². The van der Waals surface area contributed by atoms with Gasteiger partial charge in [-0.3, -0.25) is 0 Å². The average molecular weight is 217 g/mol. The summed E-state index contributed by atoms with van der Waals surface area (Å²) in [6.07, 6.45) is 5.39. The summed E-state index contributed by atoms with van der Waals surface area (Å²) in [5, 5.41) is 3.73. The first-order chi connectivity index (χ1) is 7.67. The zero-order chi connectivity index (χ0) is 11.7. The Kier molecular flexibility index (Phi) is 2.67. The number of nitrogens with one attached hydrogen (secondary N) is 1. The molecule has 0 bridgehead atoms. The molecule has 82 valence electrons. The largest absolute Gasteiger partial charge is 0.458 e. The predicted molar refractivity (Wildman–Crippen MR) is 61.5 cm³/mol. The third kappa shape index (κ3) is 1.58. The van der Waals surface area contributed by atoms with Gasteiger partial charge < -0.3 is 9.73 Å². The van der Waals surface area contributed by atoms with Crippen molar-refractivity contribution in [2.24, 2.45) is 0 Å². The van der Waals surface area contributed by atoms with Crippen molar-refractivity contribution in [2.75, 3.05) is 7.05 Å². The smallest absolute Gasteiger partial charge is 0.137 e. The van der Waals surface area contributed by atoms with Crippen LogP contribution < -0.4 is 5.32 Å². The highest BCUT2D eigenvalue weighted by Gasteiger charge is 2.17. The maximum atomic E-state index is 13.1. The number of hydrogen-bond acceptors (Lipinski definition) is 2. The third-order valence-electron chi connectivity index (χ3n) is 2.65. The van der Waals surface area contributed by atoms with Gasteiger partial charge in [-0.2, -0.15) is 0 Å². The summed E-state index contributed by atoms with van der Waals surface area (Å²) >= 11 is 0. The number of benzene rings is 1. The topological polar surface area (TPSA) is 25.2 Å². The molecule has 1 aromatic heterocycles. The molecule has 2 nitrogen and oxygen atoms in total. The quantitative estimate of drug-likeness (QED) is 0.782. The van der Waals surface area contributed by atoms with Gasteiger partial charge in [-0.15, -0.1) is 6.42 Å². The first-order valence-corrected chi connectivity index (χ1v) is 4.99. The van der Waals surface area contributed by atoms with E-state index in [1.54, 1.807) is 13.1 Å². The van der Waals surface area contributed by atoms with Crippen LogP contribution in [-0.2, 0) is 0 Å². The molecule has 0 saturated heterocycles. The zero-order valence-electron chi connectivity index (χ0n) is 9.17. The van der Waals surface area contributed by atoms with E-state index in [0.29, 0.717) is 11.3 Å². The fraction of sp³-hybridized carbons (Fsp3) is 0.231. The van der Waals surface area contributed by atoms with Crippen LogP contribution >= 0.6 is 0 Å². The number of fused-ring (bicyclic) bond motifs is 1. The Morgan fingerprint density at radius 3 is 2.88 bits per heavy atom. The minimum Gasteiger partial charge on any atom is -0.458 e. The normalized spacial score (nSPS) is 12.6. The van der Waals surface area contributed by atoms with Crippen LogP contribution in [0.1, 0.15) is 17.4 Å². The lowest BCUT2D eigenvalue weighted by molar-refractivity contribution is 0.502. The lowest BCUT2D eigenvalue weighted by Crippen LogP contribution is -2.14. The summed E-state index contributed by atoms with van der Waals surface area (Å²) in [6, 6.07) is 4.17. The van der Waals surface area contributed by atoms with Gasteiger partial charge in [0.2, 0.25) is 0 Å². The fourth-order valence-corrected chi connectivity index (χ4v) is 1.78. The van der Waals surface area contributed by atoms with Crippen molar-refractivity contribution in [1.29, 1.82) is 0 Å². The van der Waals surface area contributed by atoms with E-state index in [2.05, 4.69) is 11.2 Å². The van der Waals surface area contributed by atoms with Crippen LogP contribution in [-0.4, -0.2) is 7.05 Å². The zero-order valence-corrected chi connectivity index (χ0v) is 9.17. The standard InChI is InChI=1S/C13H12FNO/c1-4-11(15-3)13-8(2)10-7-9(14)5-6-12(10)16-13/h1,5-7,11,15H,2-3H3. The Morgan fingerprint density at radius 1 is 1.50 bits per heavy atom. The number of aryl methyl sites for hydroxylation is 1. The number of rotatable bonds is 2. The van der Waals surface area contributed by atoms with E-state index in [4.69, 9.17) is 10.8 Å². The van der Waals surface area contributed by atoms with Gasteiger partial charge in [0, 0.05) is 10.9 Å². The minimum atomic E-state index is -0.282. The number of halogens is 1. The fourth-order valence-electron chi connectivity index (χ4n) is 1.78. The molecule has 1 aromatic carbocycles. The van der Waals surface area contributed by atoms with Crippen LogP contribution in [0.4, 0.5) is 4.39 Å². The van der Waals surface area contributed by atoms with Gasteiger partial charge in [0.25, 0.3) is 0 Å². The molecule has 1 atom stereocenters. The predicted octanol–water partition coefficient (Wildman–Crippen LogP) is 2.77. The first kappa shape index (κ1) is 10.7. The van der Waals surface area contributed by atoms with E-state index in [0.717, 1.165) is 10.9 Å². The van der Waals surface area contributed by atoms with Gasteiger partial charge in [0.15, 0.2) is 0 Å². The second-order valence-electron chi connectivity index (χ2n) is 3.62. The SMILES string of the molecule is C#CC(NC)c1oc2ccc(F)cc2c1C. The Bertz CT molecular complexity index is 565. The summed E-state index contributed by atoms with van der Waals surface area (Å²) in [6.45, 7) is 1.88. The molecule has 0 radical (unpaired) electrons. The molecule has 0 aliphatic heterocycles. The number of hydrogen-bond donors (Lipinski definition) is 1. The summed E-state index contributed by atoms with van der Waals surface area (Å²) in [7, 11) is 1.76. The van der Waals surface area contributed by atoms with E-state index < -0.39 is 0 Å². The highest BCUT2D eigenvalue weighted by atomic mass is 19.1. The molecule has 1 unspecified atom stereocenters. The Labute approximate surface area is 93.4 Å². The van der Waals surface area contributed by atoms with Crippen LogP contribution in [0.25, 0.3) is 11.0 Å². The van der Waals surface area contributed by atoms with Crippen molar-refractivity contribution >= 4 is 11.0 Å². The van der Waals surface area contributed by atoms with Gasteiger partial charge in [0.1, 0.15) is 23.2 Å². The van der Waals surface area contributed by atoms with Crippen LogP contribution in [0.3, 0.4) is 0 Å². The van der Waals surface area contributed by atoms with Gasteiger partial charge >= 0.3 is 0 Å². The van der Waals surface area contributed by atoms with Crippen LogP contribution in [0.2, 0.25) is 0 Å². The summed E-state index contributed by atoms with van der Waals surface area (Å²) in [5.74, 6) is 2.98. The summed E-state index contributed by atoms with van der Waals surface area (Å²) in [5.41, 5.74) is 1.54. The first-order valence-electron chi connectivity index (χ1n) is 4.99. The lowest BCUT2D eigenvalue weighted by Gasteiger charge is -2.06. The Hall–Kier alpha value is -1.79. The molecule has 1 heterocycles. The van der Waals surface area contributed by atoms with E-state index in [9.17, 15) is 4.39 Å². The second-order valence-corrected chi connectivity index (χ2v) is 3.62. The van der Waals surface area contributed by atoms with Crippen LogP contribution in [0, 0.1) is 25.1 Å². The number of terminal acetylenes is 1. The van der Waals surface area contributed by atoms with Crippen molar-refractivity contribution in [1.82, 2.24) is 5.32 Å². The Morgan fingerprint density at radius 2 is 2.25 bits per heavy atom. The van der Waals surface area contributed by atoms with E-state index in [1.165, 1.54) is 12.1 Å². The molecule has 1 N–H and O–H groups in total. The Balaban J connectivity index is 2.65. The lowest BCUT2D eigenvalue weighted by atomic mass is 10.1. The third-order valence-corrected chi connectivity index (χ3v) is 2.65. The van der Waals surface area contributed by atoms with Crippen molar-refractivity contribution in [3.63, 3.8) is 0 Å². The van der Waals surface area contributed by atoms with Gasteiger partial charge in [-0.25, -0.2) is 4.39 Å². The van der Waals surface area contributed by atoms with E-state index in [1.807, 2.05) is 6.92 Å². The van der Waals surface area contributed by atoms with Crippen molar-refractivity contribution in [2.45, 2.75) is 13.0 Å². The van der Waals surface area contributed by atoms with Crippen LogP contribution in [0.5, 0.6) is 0 Å². The van der Waals surface area contributed by atoms with Crippen LogP contribution in [0.15, 0.2) is 22.6 Å². The van der Waals surface area contributed by atoms with Crippen molar-refractivity contribution < 1.29 is 8.81 Å². The maximum Gasteiger partial charge on any atom is 0.137 e. The van der Waals surface area contributed by atoms with Gasteiger partial charge in [-0.05, 0) is 32.2 Å². The average Bonchev–Trinajstić information content (AvgIpc) is 2.59. The molecule has 0 amide bonds. The summed E-state index contributed by atoms with van der Waals surface area (Å²) in [4.78, 5) is 0. The molecule has 0 fully saturated rings. The van der Waals surface area contributed by atoms with Crippen molar-refractivity contribution in [3.8, 4) is 12.3 Å². The molecule has 0 aliphatic rings. The highest BCUT2D eigenvalue weighted by molar-refractivity contribution is 5.82. The monoisotopic (exact) mass is 217 g/mol. The van der Waals surface area contributed by atoms with Gasteiger partial charge in [0.05, 0.1) is 0 Å². The molecule has 0 spiro atoms. The van der Waals surface area contributed by atoms with E-state index in [-0.39, 0.29) is 11.9 Å². The molecule has 0 saturated carbocycles. The molecule has 3 heteroatoms. The molecule has 0 aliphatic carbocycles. The molecular weight excluding hydrogens is 205 g/mol. The molecule has 16 heavy (non-hydrogen) atoms. The number of furan rings is 1. The maximum absolute atomic E-state index is 13.1. The minimum absolute atomic E-state index is 0.273. The molecular formula is C13H12FNO. The summed E-state index contributed by atoms with van der Waals surface area (Å²) < 4.78 is 18.7. The molecule has 2 rings (SSSR count). The van der Waals surface area contributed by atoms with E-state index >= 15 is 0 Å². The molecule has 2 aromatic rings. The highest BCUT2D eigenvalue weighted by Crippen LogP contribution is 2.29. The van der Waals surface area contributed by atoms with Crippen molar-refractivity contribution in [3.05, 3.63) is 35.3 Å². The second kappa shape index (κ2) is 3.99.